The molecule has 0 aliphatic carbocycles. The van der Waals surface area contributed by atoms with Crippen LogP contribution in [0, 0.1) is 0 Å². The van der Waals surface area contributed by atoms with Crippen LogP contribution in [0.5, 0.6) is 11.5 Å². The van der Waals surface area contributed by atoms with E-state index in [2.05, 4.69) is 5.32 Å². The SMILES string of the molecule is CCOc1cc(/C=C2\SC(=O)N(CC(=O)Nc3ccccc3)C2=O)ccc1OCc1ccccc1Cl. The number of ether oxygens (including phenoxy) is 2. The lowest BCUT2D eigenvalue weighted by Crippen LogP contribution is -2.36. The van der Waals surface area contributed by atoms with E-state index < -0.39 is 17.1 Å². The number of hydrogen-bond acceptors (Lipinski definition) is 6. The van der Waals surface area contributed by atoms with Gasteiger partial charge in [-0.3, -0.25) is 19.3 Å². The van der Waals surface area contributed by atoms with Gasteiger partial charge in [0.15, 0.2) is 11.5 Å². The topological polar surface area (TPSA) is 84.9 Å². The van der Waals surface area contributed by atoms with Crippen LogP contribution in [0.15, 0.2) is 77.7 Å². The predicted molar refractivity (Wildman–Crippen MR) is 141 cm³/mol. The van der Waals surface area contributed by atoms with Crippen LogP contribution in [-0.2, 0) is 16.2 Å². The normalized spacial score (nSPS) is 14.3. The van der Waals surface area contributed by atoms with E-state index in [0.717, 1.165) is 22.2 Å². The highest BCUT2D eigenvalue weighted by molar-refractivity contribution is 8.18. The molecule has 4 rings (SSSR count). The second-order valence-electron chi connectivity index (χ2n) is 7.70. The highest BCUT2D eigenvalue weighted by Crippen LogP contribution is 2.35. The Morgan fingerprint density at radius 3 is 2.50 bits per heavy atom. The molecule has 3 amide bonds. The van der Waals surface area contributed by atoms with Crippen molar-refractivity contribution in [1.29, 1.82) is 0 Å². The number of anilines is 1. The van der Waals surface area contributed by atoms with Crippen molar-refractivity contribution in [1.82, 2.24) is 4.90 Å². The lowest BCUT2D eigenvalue weighted by molar-refractivity contribution is -0.127. The molecular formula is C27H23ClN2O5S. The molecule has 0 radical (unpaired) electrons. The molecule has 0 bridgehead atoms. The number of amides is 3. The van der Waals surface area contributed by atoms with Gasteiger partial charge in [0.1, 0.15) is 13.2 Å². The van der Waals surface area contributed by atoms with Gasteiger partial charge in [-0.2, -0.15) is 0 Å². The molecule has 184 valence electrons. The zero-order valence-electron chi connectivity index (χ0n) is 19.4. The van der Waals surface area contributed by atoms with Gasteiger partial charge in [-0.25, -0.2) is 0 Å². The number of hydrogen-bond donors (Lipinski definition) is 1. The average molecular weight is 523 g/mol. The summed E-state index contributed by atoms with van der Waals surface area (Å²) in [5.74, 6) is 0.0491. The van der Waals surface area contributed by atoms with Gasteiger partial charge < -0.3 is 14.8 Å². The van der Waals surface area contributed by atoms with Gasteiger partial charge in [-0.15, -0.1) is 0 Å². The lowest BCUT2D eigenvalue weighted by atomic mass is 10.1. The van der Waals surface area contributed by atoms with E-state index in [0.29, 0.717) is 34.4 Å². The third-order valence-corrected chi connectivity index (χ3v) is 6.42. The molecule has 0 atom stereocenters. The van der Waals surface area contributed by atoms with Crippen LogP contribution in [0.4, 0.5) is 10.5 Å². The first-order valence-electron chi connectivity index (χ1n) is 11.2. The number of halogens is 1. The van der Waals surface area contributed by atoms with Gasteiger partial charge in [-0.05, 0) is 60.7 Å². The summed E-state index contributed by atoms with van der Waals surface area (Å²) >= 11 is 7.00. The van der Waals surface area contributed by atoms with Crippen molar-refractivity contribution in [2.24, 2.45) is 0 Å². The van der Waals surface area contributed by atoms with Crippen molar-refractivity contribution in [3.8, 4) is 11.5 Å². The largest absolute Gasteiger partial charge is 0.490 e. The highest BCUT2D eigenvalue weighted by Gasteiger charge is 2.36. The van der Waals surface area contributed by atoms with E-state index in [1.165, 1.54) is 0 Å². The second-order valence-corrected chi connectivity index (χ2v) is 9.10. The zero-order valence-corrected chi connectivity index (χ0v) is 21.0. The van der Waals surface area contributed by atoms with E-state index in [-0.39, 0.29) is 18.1 Å². The number of carbonyl (C=O) groups is 3. The van der Waals surface area contributed by atoms with Gasteiger partial charge in [0, 0.05) is 16.3 Å². The molecular weight excluding hydrogens is 500 g/mol. The number of rotatable bonds is 9. The Morgan fingerprint density at radius 2 is 1.75 bits per heavy atom. The molecule has 0 spiro atoms. The number of imide groups is 1. The van der Waals surface area contributed by atoms with Crippen LogP contribution in [0.25, 0.3) is 6.08 Å². The Bertz CT molecular complexity index is 1310. The summed E-state index contributed by atoms with van der Waals surface area (Å²) in [6.07, 6.45) is 1.60. The Kier molecular flexibility index (Phi) is 8.30. The van der Waals surface area contributed by atoms with Crippen molar-refractivity contribution in [3.63, 3.8) is 0 Å². The molecule has 0 saturated carbocycles. The minimum Gasteiger partial charge on any atom is -0.490 e. The van der Waals surface area contributed by atoms with E-state index in [4.69, 9.17) is 21.1 Å². The van der Waals surface area contributed by atoms with Crippen molar-refractivity contribution in [2.45, 2.75) is 13.5 Å². The van der Waals surface area contributed by atoms with Gasteiger partial charge in [0.2, 0.25) is 5.91 Å². The van der Waals surface area contributed by atoms with Gasteiger partial charge in [-0.1, -0.05) is 54.1 Å². The summed E-state index contributed by atoms with van der Waals surface area (Å²) in [4.78, 5) is 38.8. The summed E-state index contributed by atoms with van der Waals surface area (Å²) in [5, 5.41) is 2.79. The highest BCUT2D eigenvalue weighted by atomic mass is 35.5. The van der Waals surface area contributed by atoms with Crippen LogP contribution >= 0.6 is 23.4 Å². The molecule has 0 unspecified atom stereocenters. The molecule has 1 saturated heterocycles. The summed E-state index contributed by atoms with van der Waals surface area (Å²) in [6, 6.07) is 21.5. The van der Waals surface area contributed by atoms with E-state index in [9.17, 15) is 14.4 Å². The maximum absolute atomic E-state index is 12.8. The molecule has 3 aromatic carbocycles. The van der Waals surface area contributed by atoms with Crippen molar-refractivity contribution in [2.75, 3.05) is 18.5 Å². The van der Waals surface area contributed by atoms with E-state index in [1.807, 2.05) is 31.2 Å². The summed E-state index contributed by atoms with van der Waals surface area (Å²) in [7, 11) is 0. The standard InChI is InChI=1S/C27H23ClN2O5S/c1-2-34-23-14-18(12-13-22(23)35-17-19-8-6-7-11-21(19)28)15-24-26(32)30(27(33)36-24)16-25(31)29-20-9-4-3-5-10-20/h3-15H,2,16-17H2,1H3,(H,29,31)/b24-15-. The van der Waals surface area contributed by atoms with Crippen molar-refractivity contribution < 1.29 is 23.9 Å². The summed E-state index contributed by atoms with van der Waals surface area (Å²) < 4.78 is 11.7. The Labute approximate surface area is 218 Å². The monoisotopic (exact) mass is 522 g/mol. The Morgan fingerprint density at radius 1 is 1.00 bits per heavy atom. The smallest absolute Gasteiger partial charge is 0.294 e. The predicted octanol–water partition coefficient (Wildman–Crippen LogP) is 5.99. The number of para-hydroxylation sites is 1. The summed E-state index contributed by atoms with van der Waals surface area (Å²) in [5.41, 5.74) is 2.09. The fourth-order valence-electron chi connectivity index (χ4n) is 3.43. The number of nitrogens with zero attached hydrogens (tertiary/aromatic N) is 1. The molecule has 1 N–H and O–H groups in total. The van der Waals surface area contributed by atoms with Gasteiger partial charge >= 0.3 is 0 Å². The first-order chi connectivity index (χ1) is 17.4. The van der Waals surface area contributed by atoms with Crippen LogP contribution in [0.3, 0.4) is 0 Å². The van der Waals surface area contributed by atoms with Crippen molar-refractivity contribution >= 4 is 52.2 Å². The lowest BCUT2D eigenvalue weighted by Gasteiger charge is -2.13. The van der Waals surface area contributed by atoms with E-state index in [1.54, 1.807) is 54.6 Å². The fourth-order valence-corrected chi connectivity index (χ4v) is 4.45. The first kappa shape index (κ1) is 25.3. The fraction of sp³-hybridized carbons (Fsp3) is 0.148. The number of nitrogens with one attached hydrogen (secondary N) is 1. The molecule has 1 aliphatic heterocycles. The molecule has 3 aromatic rings. The average Bonchev–Trinajstić information content (AvgIpc) is 3.12. The molecule has 1 heterocycles. The zero-order chi connectivity index (χ0) is 25.5. The van der Waals surface area contributed by atoms with Gasteiger partial charge in [0.25, 0.3) is 11.1 Å². The number of thioether (sulfide) groups is 1. The Hall–Kier alpha value is -3.75. The van der Waals surface area contributed by atoms with Gasteiger partial charge in [0.05, 0.1) is 11.5 Å². The maximum Gasteiger partial charge on any atom is 0.294 e. The first-order valence-corrected chi connectivity index (χ1v) is 12.4. The van der Waals surface area contributed by atoms with Crippen LogP contribution in [0.2, 0.25) is 5.02 Å². The quantitative estimate of drug-likeness (QED) is 0.347. The van der Waals surface area contributed by atoms with Crippen LogP contribution in [-0.4, -0.2) is 35.1 Å². The van der Waals surface area contributed by atoms with Crippen LogP contribution in [0.1, 0.15) is 18.1 Å². The third-order valence-electron chi connectivity index (χ3n) is 5.14. The number of benzene rings is 3. The molecule has 1 fully saturated rings. The minimum atomic E-state index is -0.523. The van der Waals surface area contributed by atoms with Crippen molar-refractivity contribution in [3.05, 3.63) is 93.9 Å². The molecule has 0 aromatic heterocycles. The second kappa shape index (κ2) is 11.8. The molecule has 36 heavy (non-hydrogen) atoms. The number of carbonyl (C=O) groups excluding carboxylic acids is 3. The Balaban J connectivity index is 1.46. The third kappa shape index (κ3) is 6.27. The van der Waals surface area contributed by atoms with Crippen LogP contribution < -0.4 is 14.8 Å². The molecule has 7 nitrogen and oxygen atoms in total. The summed E-state index contributed by atoms with van der Waals surface area (Å²) in [6.45, 7) is 2.17. The minimum absolute atomic E-state index is 0.222. The van der Waals surface area contributed by atoms with E-state index >= 15 is 0 Å². The molecule has 9 heteroatoms. The molecule has 1 aliphatic rings. The maximum atomic E-state index is 12.8.